The van der Waals surface area contributed by atoms with Crippen LogP contribution in [0.4, 0.5) is 5.82 Å². The lowest BCUT2D eigenvalue weighted by Crippen LogP contribution is -2.48. The van der Waals surface area contributed by atoms with Crippen molar-refractivity contribution in [3.8, 4) is 11.5 Å². The number of nitrogens with one attached hydrogen (secondary N) is 2. The van der Waals surface area contributed by atoms with E-state index in [-0.39, 0.29) is 5.54 Å². The average molecular weight is 413 g/mol. The van der Waals surface area contributed by atoms with Crippen molar-refractivity contribution in [2.24, 2.45) is 0 Å². The lowest BCUT2D eigenvalue weighted by Gasteiger charge is -2.29. The Morgan fingerprint density at radius 3 is 2.77 bits per heavy atom. The van der Waals surface area contributed by atoms with Crippen molar-refractivity contribution >= 4 is 5.82 Å². The molecule has 7 nitrogen and oxygen atoms in total. The Bertz CT molecular complexity index is 848. The van der Waals surface area contributed by atoms with Crippen molar-refractivity contribution in [3.05, 3.63) is 35.2 Å². The second-order valence-corrected chi connectivity index (χ2v) is 9.20. The highest BCUT2D eigenvalue weighted by atomic mass is 16.3. The number of likely N-dealkylation sites (N-methyl/N-ethyl adjacent to an activating group) is 1. The summed E-state index contributed by atoms with van der Waals surface area (Å²) < 4.78 is 0. The van der Waals surface area contributed by atoms with Crippen LogP contribution < -0.4 is 15.5 Å². The van der Waals surface area contributed by atoms with E-state index in [0.717, 1.165) is 55.9 Å². The Balaban J connectivity index is 1.85. The fraction of sp³-hybridized carbons (Fsp3) is 0.609. The van der Waals surface area contributed by atoms with Gasteiger partial charge < -0.3 is 15.3 Å². The number of hydrogen-bond donors (Lipinski definition) is 3. The number of aryl methyl sites for hydroxylation is 2. The summed E-state index contributed by atoms with van der Waals surface area (Å²) in [5.74, 6) is 1.58. The van der Waals surface area contributed by atoms with Gasteiger partial charge in [0.15, 0.2) is 5.82 Å². The zero-order chi connectivity index (χ0) is 21.7. The van der Waals surface area contributed by atoms with Crippen LogP contribution in [-0.2, 0) is 19.3 Å². The molecule has 30 heavy (non-hydrogen) atoms. The van der Waals surface area contributed by atoms with Gasteiger partial charge in [-0.3, -0.25) is 10.3 Å². The van der Waals surface area contributed by atoms with Gasteiger partial charge in [-0.1, -0.05) is 0 Å². The Morgan fingerprint density at radius 1 is 1.23 bits per heavy atom. The third kappa shape index (κ3) is 5.97. The van der Waals surface area contributed by atoms with Crippen LogP contribution in [0.25, 0.3) is 11.5 Å². The zero-order valence-corrected chi connectivity index (χ0v) is 19.0. The highest BCUT2D eigenvalue weighted by Crippen LogP contribution is 2.30. The molecule has 3 N–H and O–H groups in total. The van der Waals surface area contributed by atoms with E-state index < -0.39 is 6.23 Å². The first kappa shape index (κ1) is 22.6. The van der Waals surface area contributed by atoms with E-state index in [4.69, 9.17) is 9.97 Å². The third-order valence-corrected chi connectivity index (χ3v) is 5.26. The van der Waals surface area contributed by atoms with Crippen LogP contribution in [0.3, 0.4) is 0 Å². The van der Waals surface area contributed by atoms with Crippen molar-refractivity contribution in [1.82, 2.24) is 25.6 Å². The van der Waals surface area contributed by atoms with Gasteiger partial charge in [-0.2, -0.15) is 0 Å². The molecule has 0 fully saturated rings. The molecule has 1 aliphatic rings. The third-order valence-electron chi connectivity index (χ3n) is 5.26. The van der Waals surface area contributed by atoms with E-state index in [0.29, 0.717) is 12.4 Å². The summed E-state index contributed by atoms with van der Waals surface area (Å²) in [6, 6.07) is 4.17. The Hall–Kier alpha value is -2.09. The molecule has 0 aliphatic heterocycles. The zero-order valence-electron chi connectivity index (χ0n) is 19.0. The van der Waals surface area contributed by atoms with Crippen molar-refractivity contribution in [2.75, 3.05) is 32.1 Å². The fourth-order valence-corrected chi connectivity index (χ4v) is 3.96. The SMILES string of the molecule is CNCCCc1ccnc(-c2nc3c(c(N(C)CC(O)NC(C)(C)C)n2)CCC3)c1. The van der Waals surface area contributed by atoms with Gasteiger partial charge in [0.25, 0.3) is 0 Å². The van der Waals surface area contributed by atoms with E-state index in [1.807, 2.05) is 46.0 Å². The smallest absolute Gasteiger partial charge is 0.180 e. The molecule has 1 unspecified atom stereocenters. The lowest BCUT2D eigenvalue weighted by atomic mass is 10.1. The molecular weight excluding hydrogens is 376 g/mol. The minimum atomic E-state index is -0.640. The molecule has 0 spiro atoms. The number of aromatic nitrogens is 3. The van der Waals surface area contributed by atoms with Gasteiger partial charge in [0.1, 0.15) is 17.7 Å². The van der Waals surface area contributed by atoms with E-state index >= 15 is 0 Å². The second kappa shape index (κ2) is 9.81. The maximum Gasteiger partial charge on any atom is 0.180 e. The summed E-state index contributed by atoms with van der Waals surface area (Å²) in [7, 11) is 3.96. The number of rotatable bonds is 9. The summed E-state index contributed by atoms with van der Waals surface area (Å²) in [5, 5.41) is 16.9. The molecular formula is C23H36N6O. The maximum absolute atomic E-state index is 10.5. The minimum Gasteiger partial charge on any atom is -0.377 e. The number of fused-ring (bicyclic) bond motifs is 1. The van der Waals surface area contributed by atoms with E-state index in [2.05, 4.69) is 27.8 Å². The van der Waals surface area contributed by atoms with Crippen molar-refractivity contribution in [1.29, 1.82) is 0 Å². The largest absolute Gasteiger partial charge is 0.377 e. The van der Waals surface area contributed by atoms with E-state index in [1.165, 1.54) is 11.1 Å². The van der Waals surface area contributed by atoms with Crippen LogP contribution in [0.2, 0.25) is 0 Å². The Morgan fingerprint density at radius 2 is 2.03 bits per heavy atom. The molecule has 0 amide bonds. The number of aliphatic hydroxyl groups excluding tert-OH is 1. The predicted octanol–water partition coefficient (Wildman–Crippen LogP) is 2.32. The molecule has 0 radical (unpaired) electrons. The molecule has 1 atom stereocenters. The molecule has 0 bridgehead atoms. The van der Waals surface area contributed by atoms with Gasteiger partial charge in [0.2, 0.25) is 0 Å². The maximum atomic E-state index is 10.5. The number of aliphatic hydroxyl groups is 1. The van der Waals surface area contributed by atoms with Crippen LogP contribution in [-0.4, -0.2) is 59.0 Å². The first-order chi connectivity index (χ1) is 14.3. The van der Waals surface area contributed by atoms with Crippen LogP contribution >= 0.6 is 0 Å². The molecule has 2 heterocycles. The van der Waals surface area contributed by atoms with Crippen molar-refractivity contribution < 1.29 is 5.11 Å². The van der Waals surface area contributed by atoms with Gasteiger partial charge >= 0.3 is 0 Å². The van der Waals surface area contributed by atoms with Crippen LogP contribution in [0.5, 0.6) is 0 Å². The second-order valence-electron chi connectivity index (χ2n) is 9.20. The van der Waals surface area contributed by atoms with Crippen molar-refractivity contribution in [3.63, 3.8) is 0 Å². The quantitative estimate of drug-likeness (QED) is 0.430. The first-order valence-corrected chi connectivity index (χ1v) is 10.9. The first-order valence-electron chi connectivity index (χ1n) is 10.9. The van der Waals surface area contributed by atoms with Gasteiger partial charge in [0, 0.05) is 30.0 Å². The molecule has 164 valence electrons. The van der Waals surface area contributed by atoms with E-state index in [1.54, 1.807) is 0 Å². The Kier molecular flexibility index (Phi) is 7.39. The number of nitrogens with zero attached hydrogens (tertiary/aromatic N) is 4. The highest BCUT2D eigenvalue weighted by molar-refractivity contribution is 5.59. The van der Waals surface area contributed by atoms with E-state index in [9.17, 15) is 5.11 Å². The highest BCUT2D eigenvalue weighted by Gasteiger charge is 2.24. The van der Waals surface area contributed by atoms with Crippen LogP contribution in [0.15, 0.2) is 18.3 Å². The van der Waals surface area contributed by atoms with Crippen LogP contribution in [0, 0.1) is 0 Å². The van der Waals surface area contributed by atoms with Gasteiger partial charge in [-0.05, 0) is 84.2 Å². The number of hydrogen-bond acceptors (Lipinski definition) is 7. The van der Waals surface area contributed by atoms with Gasteiger partial charge in [-0.15, -0.1) is 0 Å². The summed E-state index contributed by atoms with van der Waals surface area (Å²) in [6.07, 6.45) is 6.33. The summed E-state index contributed by atoms with van der Waals surface area (Å²) in [6.45, 7) is 7.59. The molecule has 1 aliphatic carbocycles. The summed E-state index contributed by atoms with van der Waals surface area (Å²) in [5.41, 5.74) is 4.22. The topological polar surface area (TPSA) is 86.2 Å². The number of anilines is 1. The number of pyridine rings is 1. The van der Waals surface area contributed by atoms with Gasteiger partial charge in [0.05, 0.1) is 6.54 Å². The molecule has 7 heteroatoms. The lowest BCUT2D eigenvalue weighted by molar-refractivity contribution is 0.112. The Labute approximate surface area is 180 Å². The van der Waals surface area contributed by atoms with Crippen LogP contribution in [0.1, 0.15) is 50.4 Å². The molecule has 2 aromatic rings. The minimum absolute atomic E-state index is 0.156. The molecule has 3 rings (SSSR count). The molecule has 2 aromatic heterocycles. The summed E-state index contributed by atoms with van der Waals surface area (Å²) in [4.78, 5) is 16.3. The fourth-order valence-electron chi connectivity index (χ4n) is 3.96. The van der Waals surface area contributed by atoms with Crippen molar-refractivity contribution in [2.45, 2.75) is 64.6 Å². The predicted molar refractivity (Wildman–Crippen MR) is 122 cm³/mol. The molecule has 0 saturated carbocycles. The standard InChI is InChI=1S/C23H36N6O/c1-23(2,3)28-20(30)15-29(5)22-17-9-6-10-18(17)26-21(27-22)19-14-16(11-13-25-19)8-7-12-24-4/h11,13-14,20,24,28,30H,6-10,12,15H2,1-5H3. The molecule has 0 saturated heterocycles. The monoisotopic (exact) mass is 412 g/mol. The average Bonchev–Trinajstić information content (AvgIpc) is 3.14. The normalized spacial score (nSPS) is 14.6. The molecule has 0 aromatic carbocycles. The summed E-state index contributed by atoms with van der Waals surface area (Å²) >= 11 is 0. The van der Waals surface area contributed by atoms with Gasteiger partial charge in [-0.25, -0.2) is 9.97 Å².